The van der Waals surface area contributed by atoms with Gasteiger partial charge in [0.1, 0.15) is 0 Å². The zero-order valence-electron chi connectivity index (χ0n) is 20.2. The van der Waals surface area contributed by atoms with E-state index in [9.17, 15) is 22.8 Å². The molecule has 10 heteroatoms. The van der Waals surface area contributed by atoms with E-state index in [0.717, 1.165) is 11.6 Å². The third-order valence-electron chi connectivity index (χ3n) is 7.44. The van der Waals surface area contributed by atoms with Crippen molar-refractivity contribution in [2.24, 2.45) is 11.3 Å². The Balaban J connectivity index is 1.52. The first-order chi connectivity index (χ1) is 17.1. The van der Waals surface area contributed by atoms with Gasteiger partial charge >= 0.3 is 12.2 Å². The molecule has 2 fully saturated rings. The van der Waals surface area contributed by atoms with Crippen LogP contribution in [0.4, 0.5) is 29.3 Å². The number of urea groups is 1. The summed E-state index contributed by atoms with van der Waals surface area (Å²) in [5, 5.41) is 14.7. The van der Waals surface area contributed by atoms with E-state index in [2.05, 4.69) is 10.6 Å². The Morgan fingerprint density at radius 3 is 2.44 bits per heavy atom. The summed E-state index contributed by atoms with van der Waals surface area (Å²) in [5.74, 6) is -0.564. The predicted octanol–water partition coefficient (Wildman–Crippen LogP) is 4.38. The number of aryl methyl sites for hydroxylation is 1. The molecule has 0 aliphatic carbocycles. The minimum Gasteiger partial charge on any atom is -0.371 e. The molecule has 2 aromatic carbocycles. The zero-order valence-corrected chi connectivity index (χ0v) is 20.2. The van der Waals surface area contributed by atoms with Crippen LogP contribution in [0.25, 0.3) is 0 Å². The minimum atomic E-state index is -4.63. The number of likely N-dealkylation sites (tertiary alicyclic amines) is 1. The number of nitriles is 1. The van der Waals surface area contributed by atoms with Crippen LogP contribution in [-0.4, -0.2) is 50.1 Å². The van der Waals surface area contributed by atoms with Gasteiger partial charge in [0.15, 0.2) is 0 Å². The lowest BCUT2D eigenvalue weighted by Crippen LogP contribution is -2.48. The second kappa shape index (κ2) is 9.72. The Morgan fingerprint density at radius 1 is 1.14 bits per heavy atom. The number of piperidine rings is 1. The van der Waals surface area contributed by atoms with Crippen molar-refractivity contribution in [2.45, 2.75) is 25.9 Å². The zero-order chi connectivity index (χ0) is 26.1. The minimum absolute atomic E-state index is 0.146. The molecule has 2 aliphatic heterocycles. The number of anilines is 2. The van der Waals surface area contributed by atoms with Crippen molar-refractivity contribution in [1.29, 1.82) is 5.26 Å². The van der Waals surface area contributed by atoms with Gasteiger partial charge in [-0.15, -0.1) is 0 Å². The van der Waals surface area contributed by atoms with Gasteiger partial charge in [-0.1, -0.05) is 18.2 Å². The summed E-state index contributed by atoms with van der Waals surface area (Å²) < 4.78 is 40.3. The van der Waals surface area contributed by atoms with Gasteiger partial charge in [-0.3, -0.25) is 4.79 Å². The summed E-state index contributed by atoms with van der Waals surface area (Å²) in [6.45, 7) is 3.43. The first-order valence-corrected chi connectivity index (χ1v) is 11.8. The molecular weight excluding hydrogens is 471 g/mol. The summed E-state index contributed by atoms with van der Waals surface area (Å²) in [6, 6.07) is 12.5. The van der Waals surface area contributed by atoms with Crippen molar-refractivity contribution in [2.75, 3.05) is 43.4 Å². The maximum Gasteiger partial charge on any atom is 0.417 e. The SMILES string of the molecule is CNC(=O)C1CN(C(=O)Nc2ccccc2C)CC12CCN(c1ccc(C#N)c(C(F)(F)F)c1)CC2. The van der Waals surface area contributed by atoms with Crippen LogP contribution in [0.5, 0.6) is 0 Å². The van der Waals surface area contributed by atoms with Crippen LogP contribution in [0.3, 0.4) is 0 Å². The predicted molar refractivity (Wildman–Crippen MR) is 129 cm³/mol. The normalized spacial score (nSPS) is 19.2. The highest BCUT2D eigenvalue weighted by Crippen LogP contribution is 2.46. The molecule has 1 spiro atoms. The van der Waals surface area contributed by atoms with Gasteiger partial charge in [0, 0.05) is 50.0 Å². The standard InChI is InChI=1S/C26H28F3N5O2/c1-17-5-3-4-6-22(17)32-24(36)34-15-21(23(35)31-2)25(16-34)9-11-33(12-10-25)19-8-7-18(14-30)20(13-19)26(27,28)29/h3-8,13,21H,9-12,15-16H2,1-2H3,(H,31,35)(H,32,36). The average Bonchev–Trinajstić information content (AvgIpc) is 3.23. The number of alkyl halides is 3. The number of nitrogens with zero attached hydrogens (tertiary/aromatic N) is 3. The monoisotopic (exact) mass is 499 g/mol. The molecule has 4 rings (SSSR count). The number of carbonyl (C=O) groups excluding carboxylic acids is 2. The van der Waals surface area contributed by atoms with Crippen LogP contribution in [0.1, 0.15) is 29.5 Å². The van der Waals surface area contributed by atoms with E-state index in [0.29, 0.717) is 43.9 Å². The van der Waals surface area contributed by atoms with Crippen LogP contribution in [-0.2, 0) is 11.0 Å². The highest BCUT2D eigenvalue weighted by molar-refractivity contribution is 5.91. The van der Waals surface area contributed by atoms with Gasteiger partial charge in [0.25, 0.3) is 0 Å². The van der Waals surface area contributed by atoms with E-state index in [1.54, 1.807) is 18.0 Å². The van der Waals surface area contributed by atoms with E-state index in [-0.39, 0.29) is 18.5 Å². The number of hydrogen-bond donors (Lipinski definition) is 2. The van der Waals surface area contributed by atoms with Gasteiger partial charge in [0.2, 0.25) is 5.91 Å². The molecule has 2 saturated heterocycles. The van der Waals surface area contributed by atoms with Crippen LogP contribution in [0, 0.1) is 29.6 Å². The van der Waals surface area contributed by atoms with Crippen molar-refractivity contribution in [3.63, 3.8) is 0 Å². The smallest absolute Gasteiger partial charge is 0.371 e. The van der Waals surface area contributed by atoms with E-state index >= 15 is 0 Å². The van der Waals surface area contributed by atoms with Crippen LogP contribution < -0.4 is 15.5 Å². The molecule has 1 unspecified atom stereocenters. The number of para-hydroxylation sites is 1. The summed E-state index contributed by atoms with van der Waals surface area (Å²) in [7, 11) is 1.57. The molecule has 2 heterocycles. The van der Waals surface area contributed by atoms with E-state index < -0.39 is 28.6 Å². The Hall–Kier alpha value is -3.74. The maximum atomic E-state index is 13.4. The van der Waals surface area contributed by atoms with E-state index in [1.807, 2.05) is 36.1 Å². The van der Waals surface area contributed by atoms with Crippen molar-refractivity contribution in [3.8, 4) is 6.07 Å². The molecule has 2 N–H and O–H groups in total. The number of amides is 3. The third-order valence-corrected chi connectivity index (χ3v) is 7.44. The molecule has 36 heavy (non-hydrogen) atoms. The van der Waals surface area contributed by atoms with E-state index in [1.165, 1.54) is 12.1 Å². The van der Waals surface area contributed by atoms with Gasteiger partial charge in [-0.05, 0) is 49.6 Å². The number of halogens is 3. The second-order valence-electron chi connectivity index (χ2n) is 9.48. The molecule has 2 aliphatic rings. The first kappa shape index (κ1) is 25.4. The molecule has 7 nitrogen and oxygen atoms in total. The largest absolute Gasteiger partial charge is 0.417 e. The van der Waals surface area contributed by atoms with Gasteiger partial charge < -0.3 is 20.4 Å². The molecule has 0 aromatic heterocycles. The lowest BCUT2D eigenvalue weighted by atomic mass is 9.70. The molecule has 0 bridgehead atoms. The van der Waals surface area contributed by atoms with Crippen LogP contribution >= 0.6 is 0 Å². The lowest BCUT2D eigenvalue weighted by Gasteiger charge is -2.42. The fourth-order valence-electron chi connectivity index (χ4n) is 5.34. The fraction of sp³-hybridized carbons (Fsp3) is 0.423. The Labute approximate surface area is 207 Å². The summed E-state index contributed by atoms with van der Waals surface area (Å²) >= 11 is 0. The number of hydrogen-bond acceptors (Lipinski definition) is 4. The van der Waals surface area contributed by atoms with Crippen molar-refractivity contribution < 1.29 is 22.8 Å². The summed E-state index contributed by atoms with van der Waals surface area (Å²) in [6.07, 6.45) is -3.54. The second-order valence-corrected chi connectivity index (χ2v) is 9.48. The average molecular weight is 500 g/mol. The van der Waals surface area contributed by atoms with Crippen LogP contribution in [0.15, 0.2) is 42.5 Å². The highest BCUT2D eigenvalue weighted by atomic mass is 19.4. The topological polar surface area (TPSA) is 88.5 Å². The molecule has 190 valence electrons. The summed E-state index contributed by atoms with van der Waals surface area (Å²) in [4.78, 5) is 29.4. The Kier molecular flexibility index (Phi) is 6.85. The lowest BCUT2D eigenvalue weighted by molar-refractivity contribution is -0.137. The molecular formula is C26H28F3N5O2. The van der Waals surface area contributed by atoms with Crippen LogP contribution in [0.2, 0.25) is 0 Å². The van der Waals surface area contributed by atoms with Gasteiger partial charge in [-0.2, -0.15) is 18.4 Å². The van der Waals surface area contributed by atoms with Gasteiger partial charge in [-0.25, -0.2) is 4.79 Å². The number of benzene rings is 2. The molecule has 0 saturated carbocycles. The van der Waals surface area contributed by atoms with Crippen molar-refractivity contribution in [1.82, 2.24) is 10.2 Å². The third kappa shape index (κ3) is 4.83. The number of nitrogens with one attached hydrogen (secondary N) is 2. The quantitative estimate of drug-likeness (QED) is 0.656. The van der Waals surface area contributed by atoms with E-state index in [4.69, 9.17) is 5.26 Å². The number of rotatable bonds is 3. The van der Waals surface area contributed by atoms with Gasteiger partial charge in [0.05, 0.1) is 23.1 Å². The van der Waals surface area contributed by atoms with Crippen molar-refractivity contribution >= 4 is 23.3 Å². The molecule has 1 atom stereocenters. The fourth-order valence-corrected chi connectivity index (χ4v) is 5.34. The Bertz CT molecular complexity index is 1200. The first-order valence-electron chi connectivity index (χ1n) is 11.8. The highest BCUT2D eigenvalue weighted by Gasteiger charge is 2.52. The summed E-state index contributed by atoms with van der Waals surface area (Å²) in [5.41, 5.74) is 0.183. The maximum absolute atomic E-state index is 13.4. The molecule has 2 aromatic rings. The van der Waals surface area contributed by atoms with Crippen molar-refractivity contribution in [3.05, 3.63) is 59.2 Å². The molecule has 3 amide bonds. The number of carbonyl (C=O) groups is 2. The Morgan fingerprint density at radius 2 is 1.83 bits per heavy atom. The molecule has 0 radical (unpaired) electrons.